The lowest BCUT2D eigenvalue weighted by atomic mass is 10.1. The second-order valence-corrected chi connectivity index (χ2v) is 7.71. The Labute approximate surface area is 181 Å². The minimum Gasteiger partial charge on any atom is -0.455 e. The maximum absolute atomic E-state index is 12.5. The SMILES string of the molecule is CCc1ccc(N2CC(C(=O)OCC(=O)N3CCC(c4ccccc4)=N3)CC2=O)cc1. The molecule has 31 heavy (non-hydrogen) atoms. The van der Waals surface area contributed by atoms with Crippen molar-refractivity contribution >= 4 is 29.2 Å². The monoisotopic (exact) mass is 419 g/mol. The fourth-order valence-corrected chi connectivity index (χ4v) is 3.82. The number of anilines is 1. The quantitative estimate of drug-likeness (QED) is 0.675. The van der Waals surface area contributed by atoms with Gasteiger partial charge in [-0.05, 0) is 29.7 Å². The maximum atomic E-state index is 12.5. The molecule has 0 N–H and O–H groups in total. The summed E-state index contributed by atoms with van der Waals surface area (Å²) in [6, 6.07) is 17.4. The van der Waals surface area contributed by atoms with Crippen LogP contribution in [0.4, 0.5) is 5.69 Å². The Hall–Kier alpha value is -3.48. The molecule has 0 radical (unpaired) electrons. The number of carbonyl (C=O) groups excluding carboxylic acids is 3. The van der Waals surface area contributed by atoms with Crippen LogP contribution in [0.15, 0.2) is 59.7 Å². The second-order valence-electron chi connectivity index (χ2n) is 7.71. The van der Waals surface area contributed by atoms with E-state index in [4.69, 9.17) is 4.74 Å². The summed E-state index contributed by atoms with van der Waals surface area (Å²) in [6.45, 7) is 2.42. The molecule has 4 rings (SSSR count). The van der Waals surface area contributed by atoms with Gasteiger partial charge in [0.2, 0.25) is 5.91 Å². The van der Waals surface area contributed by atoms with E-state index in [0.717, 1.165) is 23.4 Å². The zero-order valence-electron chi connectivity index (χ0n) is 17.5. The van der Waals surface area contributed by atoms with E-state index in [1.807, 2.05) is 54.6 Å². The van der Waals surface area contributed by atoms with Gasteiger partial charge in [0.25, 0.3) is 5.91 Å². The molecule has 0 spiro atoms. The van der Waals surface area contributed by atoms with Gasteiger partial charge in [0.05, 0.1) is 18.2 Å². The Kier molecular flexibility index (Phi) is 6.11. The average molecular weight is 419 g/mol. The van der Waals surface area contributed by atoms with Crippen LogP contribution in [0.3, 0.4) is 0 Å². The third-order valence-corrected chi connectivity index (χ3v) is 5.65. The van der Waals surface area contributed by atoms with E-state index in [1.165, 1.54) is 10.6 Å². The summed E-state index contributed by atoms with van der Waals surface area (Å²) < 4.78 is 5.23. The summed E-state index contributed by atoms with van der Waals surface area (Å²) in [7, 11) is 0. The Morgan fingerprint density at radius 1 is 1.10 bits per heavy atom. The van der Waals surface area contributed by atoms with Gasteiger partial charge < -0.3 is 9.64 Å². The molecule has 1 unspecified atom stereocenters. The molecule has 2 aliphatic heterocycles. The summed E-state index contributed by atoms with van der Waals surface area (Å²) in [6.07, 6.45) is 1.67. The van der Waals surface area contributed by atoms with Crippen LogP contribution in [0.25, 0.3) is 0 Å². The summed E-state index contributed by atoms with van der Waals surface area (Å²) >= 11 is 0. The highest BCUT2D eigenvalue weighted by molar-refractivity contribution is 6.03. The number of hydrogen-bond donors (Lipinski definition) is 0. The van der Waals surface area contributed by atoms with Gasteiger partial charge in [-0.25, -0.2) is 5.01 Å². The molecule has 160 valence electrons. The van der Waals surface area contributed by atoms with Crippen molar-refractivity contribution < 1.29 is 19.1 Å². The van der Waals surface area contributed by atoms with E-state index < -0.39 is 11.9 Å². The number of rotatable bonds is 6. The standard InChI is InChI=1S/C24H25N3O4/c1-2-17-8-10-20(11-9-17)26-15-19(14-22(26)28)24(30)31-16-23(29)27-13-12-21(25-27)18-6-4-3-5-7-18/h3-11,19H,2,12-16H2,1H3. The number of ether oxygens (including phenoxy) is 1. The first-order valence-corrected chi connectivity index (χ1v) is 10.5. The Morgan fingerprint density at radius 2 is 1.84 bits per heavy atom. The molecule has 2 heterocycles. The average Bonchev–Trinajstić information content (AvgIpc) is 3.45. The Bertz CT molecular complexity index is 1000. The minimum absolute atomic E-state index is 0.0859. The number of aryl methyl sites for hydroxylation is 1. The van der Waals surface area contributed by atoms with Gasteiger partial charge in [-0.15, -0.1) is 0 Å². The van der Waals surface area contributed by atoms with E-state index in [2.05, 4.69) is 12.0 Å². The predicted molar refractivity (Wildman–Crippen MR) is 117 cm³/mol. The van der Waals surface area contributed by atoms with Crippen molar-refractivity contribution in [3.63, 3.8) is 0 Å². The molecule has 2 aromatic carbocycles. The van der Waals surface area contributed by atoms with E-state index in [9.17, 15) is 14.4 Å². The molecule has 1 saturated heterocycles. The van der Waals surface area contributed by atoms with Crippen LogP contribution in [0.2, 0.25) is 0 Å². The lowest BCUT2D eigenvalue weighted by Gasteiger charge is -2.17. The number of amides is 2. The van der Waals surface area contributed by atoms with Gasteiger partial charge in [-0.1, -0.05) is 49.4 Å². The highest BCUT2D eigenvalue weighted by atomic mass is 16.5. The molecule has 0 saturated carbocycles. The van der Waals surface area contributed by atoms with Crippen LogP contribution in [0.1, 0.15) is 30.9 Å². The summed E-state index contributed by atoms with van der Waals surface area (Å²) in [5, 5.41) is 5.70. The molecular weight excluding hydrogens is 394 g/mol. The number of benzene rings is 2. The van der Waals surface area contributed by atoms with Crippen LogP contribution in [0.5, 0.6) is 0 Å². The van der Waals surface area contributed by atoms with Crippen LogP contribution in [-0.2, 0) is 25.5 Å². The molecule has 1 fully saturated rings. The lowest BCUT2D eigenvalue weighted by Crippen LogP contribution is -2.31. The van der Waals surface area contributed by atoms with Crippen molar-refractivity contribution in [3.05, 3.63) is 65.7 Å². The smallest absolute Gasteiger partial charge is 0.311 e. The van der Waals surface area contributed by atoms with Gasteiger partial charge in [-0.3, -0.25) is 14.4 Å². The van der Waals surface area contributed by atoms with Crippen molar-refractivity contribution in [2.75, 3.05) is 24.6 Å². The first-order chi connectivity index (χ1) is 15.0. The molecule has 1 atom stereocenters. The topological polar surface area (TPSA) is 79.3 Å². The molecule has 0 aromatic heterocycles. The first kappa shape index (κ1) is 20.8. The van der Waals surface area contributed by atoms with E-state index in [0.29, 0.717) is 13.0 Å². The zero-order chi connectivity index (χ0) is 21.8. The van der Waals surface area contributed by atoms with E-state index >= 15 is 0 Å². The number of esters is 1. The van der Waals surface area contributed by atoms with E-state index in [-0.39, 0.29) is 31.4 Å². The fourth-order valence-electron chi connectivity index (χ4n) is 3.82. The van der Waals surface area contributed by atoms with Crippen molar-refractivity contribution in [2.45, 2.75) is 26.2 Å². The van der Waals surface area contributed by atoms with Crippen molar-refractivity contribution in [2.24, 2.45) is 11.0 Å². The van der Waals surface area contributed by atoms with E-state index in [1.54, 1.807) is 4.90 Å². The largest absolute Gasteiger partial charge is 0.455 e. The number of hydrazone groups is 1. The molecule has 7 nitrogen and oxygen atoms in total. The third kappa shape index (κ3) is 4.66. The summed E-state index contributed by atoms with van der Waals surface area (Å²) in [5.41, 5.74) is 3.77. The maximum Gasteiger partial charge on any atom is 0.311 e. The number of hydrogen-bond acceptors (Lipinski definition) is 5. The Balaban J connectivity index is 1.30. The van der Waals surface area contributed by atoms with Gasteiger partial charge >= 0.3 is 5.97 Å². The highest BCUT2D eigenvalue weighted by Gasteiger charge is 2.36. The van der Waals surface area contributed by atoms with Crippen LogP contribution in [0, 0.1) is 5.92 Å². The summed E-state index contributed by atoms with van der Waals surface area (Å²) in [5.74, 6) is -1.58. The summed E-state index contributed by atoms with van der Waals surface area (Å²) in [4.78, 5) is 38.9. The molecule has 0 bridgehead atoms. The van der Waals surface area contributed by atoms with Gasteiger partial charge in [0, 0.05) is 25.1 Å². The second kappa shape index (κ2) is 9.12. The number of carbonyl (C=O) groups is 3. The van der Waals surface area contributed by atoms with Gasteiger partial charge in [0.15, 0.2) is 6.61 Å². The van der Waals surface area contributed by atoms with Crippen molar-refractivity contribution in [1.82, 2.24) is 5.01 Å². The predicted octanol–water partition coefficient (Wildman–Crippen LogP) is 2.78. The highest BCUT2D eigenvalue weighted by Crippen LogP contribution is 2.26. The minimum atomic E-state index is -0.576. The third-order valence-electron chi connectivity index (χ3n) is 5.65. The molecular formula is C24H25N3O4. The van der Waals surface area contributed by atoms with Gasteiger partial charge in [-0.2, -0.15) is 5.10 Å². The fraction of sp³-hybridized carbons (Fsp3) is 0.333. The molecule has 2 aromatic rings. The van der Waals surface area contributed by atoms with Crippen LogP contribution >= 0.6 is 0 Å². The van der Waals surface area contributed by atoms with Crippen molar-refractivity contribution in [1.29, 1.82) is 0 Å². The molecule has 7 heteroatoms. The molecule has 2 amide bonds. The first-order valence-electron chi connectivity index (χ1n) is 10.5. The molecule has 2 aliphatic rings. The van der Waals surface area contributed by atoms with Gasteiger partial charge in [0.1, 0.15) is 0 Å². The lowest BCUT2D eigenvalue weighted by molar-refractivity contribution is -0.155. The Morgan fingerprint density at radius 3 is 2.55 bits per heavy atom. The number of nitrogens with zero attached hydrogens (tertiary/aromatic N) is 3. The van der Waals surface area contributed by atoms with Crippen LogP contribution in [-0.4, -0.2) is 48.2 Å². The van der Waals surface area contributed by atoms with Crippen LogP contribution < -0.4 is 4.90 Å². The normalized spacial score (nSPS) is 18.3. The van der Waals surface area contributed by atoms with Crippen molar-refractivity contribution in [3.8, 4) is 0 Å². The molecule has 0 aliphatic carbocycles. The zero-order valence-corrected chi connectivity index (χ0v) is 17.5.